The molecule has 2 rings (SSSR count). The van der Waals surface area contributed by atoms with Crippen LogP contribution >= 0.6 is 11.3 Å². The minimum absolute atomic E-state index is 0.0467. The molecule has 0 saturated carbocycles. The number of hydrogen-bond donors (Lipinski definition) is 0. The number of hydrogen-bond acceptors (Lipinski definition) is 7. The monoisotopic (exact) mass is 393 g/mol. The van der Waals surface area contributed by atoms with Gasteiger partial charge in [0.05, 0.1) is 19.0 Å². The van der Waals surface area contributed by atoms with Crippen molar-refractivity contribution in [3.8, 4) is 0 Å². The number of thiophene rings is 1. The van der Waals surface area contributed by atoms with Crippen LogP contribution in [0.3, 0.4) is 0 Å². The minimum Gasteiger partial charge on any atom is -0.367 e. The standard InChI is InChI=1S/C20H27NO5S/c1-4-24-20(25-5-2)15(3)21(26-19(23)11-8-12-22)13-16-14-27-18-10-7-6-9-17(16)18/h6-7,9-10,12,14-15,20H,4-5,8,11,13H2,1-3H3/t15-/m0/s1. The Morgan fingerprint density at radius 3 is 2.59 bits per heavy atom. The van der Waals surface area contributed by atoms with E-state index < -0.39 is 12.3 Å². The Morgan fingerprint density at radius 2 is 1.93 bits per heavy atom. The van der Waals surface area contributed by atoms with Crippen molar-refractivity contribution in [3.63, 3.8) is 0 Å². The number of carbonyl (C=O) groups is 2. The largest absolute Gasteiger partial charge is 0.367 e. The fourth-order valence-corrected chi connectivity index (χ4v) is 3.68. The van der Waals surface area contributed by atoms with Gasteiger partial charge in [-0.05, 0) is 43.2 Å². The zero-order valence-corrected chi connectivity index (χ0v) is 16.9. The van der Waals surface area contributed by atoms with Crippen molar-refractivity contribution in [2.45, 2.75) is 52.5 Å². The fourth-order valence-electron chi connectivity index (χ4n) is 2.73. The van der Waals surface area contributed by atoms with E-state index in [1.165, 1.54) is 4.70 Å². The molecule has 0 N–H and O–H groups in total. The van der Waals surface area contributed by atoms with Crippen molar-refractivity contribution < 1.29 is 23.9 Å². The van der Waals surface area contributed by atoms with E-state index in [0.29, 0.717) is 26.0 Å². The van der Waals surface area contributed by atoms with Gasteiger partial charge < -0.3 is 19.1 Å². The zero-order valence-electron chi connectivity index (χ0n) is 16.1. The van der Waals surface area contributed by atoms with Crippen molar-refractivity contribution in [1.82, 2.24) is 5.06 Å². The Labute approximate surface area is 164 Å². The van der Waals surface area contributed by atoms with Gasteiger partial charge in [-0.1, -0.05) is 18.2 Å². The highest BCUT2D eigenvalue weighted by Crippen LogP contribution is 2.28. The molecular weight excluding hydrogens is 366 g/mol. The molecule has 27 heavy (non-hydrogen) atoms. The molecular formula is C20H27NO5S. The maximum atomic E-state index is 12.1. The van der Waals surface area contributed by atoms with Crippen molar-refractivity contribution in [3.05, 3.63) is 35.2 Å². The van der Waals surface area contributed by atoms with Crippen LogP contribution in [0, 0.1) is 0 Å². The molecule has 2 aromatic rings. The lowest BCUT2D eigenvalue weighted by molar-refractivity contribution is -0.250. The molecule has 1 heterocycles. The summed E-state index contributed by atoms with van der Waals surface area (Å²) in [5.41, 5.74) is 1.07. The van der Waals surface area contributed by atoms with E-state index >= 15 is 0 Å². The van der Waals surface area contributed by atoms with Crippen LogP contribution in [0.5, 0.6) is 0 Å². The lowest BCUT2D eigenvalue weighted by atomic mass is 10.1. The van der Waals surface area contributed by atoms with Crippen LogP contribution in [-0.4, -0.2) is 42.9 Å². The van der Waals surface area contributed by atoms with Crippen molar-refractivity contribution >= 4 is 33.7 Å². The number of fused-ring (bicyclic) bond motifs is 1. The van der Waals surface area contributed by atoms with Crippen LogP contribution in [0.2, 0.25) is 0 Å². The lowest BCUT2D eigenvalue weighted by Crippen LogP contribution is -2.44. The first-order chi connectivity index (χ1) is 13.1. The Bertz CT molecular complexity index is 726. The highest BCUT2D eigenvalue weighted by atomic mass is 32.1. The number of nitrogens with zero attached hydrogens (tertiary/aromatic N) is 1. The number of aldehydes is 1. The summed E-state index contributed by atoms with van der Waals surface area (Å²) in [5, 5.41) is 4.80. The minimum atomic E-state index is -0.524. The molecule has 6 nitrogen and oxygen atoms in total. The molecule has 148 valence electrons. The predicted molar refractivity (Wildman–Crippen MR) is 105 cm³/mol. The van der Waals surface area contributed by atoms with Crippen LogP contribution < -0.4 is 0 Å². The van der Waals surface area contributed by atoms with Gasteiger partial charge in [-0.25, -0.2) is 0 Å². The summed E-state index contributed by atoms with van der Waals surface area (Å²) >= 11 is 1.65. The van der Waals surface area contributed by atoms with Gasteiger partial charge in [0.1, 0.15) is 6.29 Å². The molecule has 0 spiro atoms. The van der Waals surface area contributed by atoms with Crippen molar-refractivity contribution in [2.24, 2.45) is 0 Å². The Kier molecular flexibility index (Phi) is 8.87. The van der Waals surface area contributed by atoms with E-state index in [9.17, 15) is 9.59 Å². The van der Waals surface area contributed by atoms with Gasteiger partial charge in [0.25, 0.3) is 0 Å². The quantitative estimate of drug-likeness (QED) is 0.309. The van der Waals surface area contributed by atoms with E-state index in [1.807, 2.05) is 32.9 Å². The number of hydroxylamine groups is 2. The SMILES string of the molecule is CCOC(OCC)[C@H](C)N(Cc1csc2ccccc12)OC(=O)CCC=O. The zero-order chi connectivity index (χ0) is 19.6. The second-order valence-corrected chi connectivity index (χ2v) is 6.93. The van der Waals surface area contributed by atoms with Gasteiger partial charge in [-0.3, -0.25) is 4.79 Å². The van der Waals surface area contributed by atoms with Crippen LogP contribution in [0.25, 0.3) is 10.1 Å². The van der Waals surface area contributed by atoms with Gasteiger partial charge in [0.15, 0.2) is 6.29 Å². The molecule has 0 radical (unpaired) electrons. The first kappa shape index (κ1) is 21.5. The summed E-state index contributed by atoms with van der Waals surface area (Å²) in [5.74, 6) is -0.444. The van der Waals surface area contributed by atoms with Crippen LogP contribution in [-0.2, 0) is 30.4 Å². The summed E-state index contributed by atoms with van der Waals surface area (Å²) in [7, 11) is 0. The van der Waals surface area contributed by atoms with Crippen LogP contribution in [0.15, 0.2) is 29.6 Å². The molecule has 1 aromatic carbocycles. The number of ether oxygens (including phenoxy) is 2. The van der Waals surface area contributed by atoms with E-state index in [0.717, 1.165) is 10.9 Å². The third kappa shape index (κ3) is 6.10. The molecule has 0 fully saturated rings. The average molecular weight is 394 g/mol. The molecule has 0 bridgehead atoms. The maximum Gasteiger partial charge on any atom is 0.325 e. The summed E-state index contributed by atoms with van der Waals surface area (Å²) in [6.45, 7) is 7.08. The third-order valence-electron chi connectivity index (χ3n) is 4.08. The average Bonchev–Trinajstić information content (AvgIpc) is 3.08. The number of carbonyl (C=O) groups excluding carboxylic acids is 2. The first-order valence-electron chi connectivity index (χ1n) is 9.20. The highest BCUT2D eigenvalue weighted by molar-refractivity contribution is 7.17. The molecule has 0 unspecified atom stereocenters. The van der Waals surface area contributed by atoms with Gasteiger partial charge >= 0.3 is 5.97 Å². The van der Waals surface area contributed by atoms with E-state index in [4.69, 9.17) is 14.3 Å². The normalized spacial score (nSPS) is 12.6. The fraction of sp³-hybridized carbons (Fsp3) is 0.500. The Balaban J connectivity index is 2.22. The summed E-state index contributed by atoms with van der Waals surface area (Å²) in [6, 6.07) is 7.80. The van der Waals surface area contributed by atoms with E-state index in [2.05, 4.69) is 17.5 Å². The van der Waals surface area contributed by atoms with Crippen LogP contribution in [0.1, 0.15) is 39.2 Å². The summed E-state index contributed by atoms with van der Waals surface area (Å²) in [4.78, 5) is 28.3. The molecule has 0 saturated heterocycles. The second-order valence-electron chi connectivity index (χ2n) is 6.02. The highest BCUT2D eigenvalue weighted by Gasteiger charge is 2.28. The van der Waals surface area contributed by atoms with Crippen LogP contribution in [0.4, 0.5) is 0 Å². The van der Waals surface area contributed by atoms with Gasteiger partial charge in [0.2, 0.25) is 0 Å². The Hall–Kier alpha value is -1.80. The number of rotatable bonds is 12. The smallest absolute Gasteiger partial charge is 0.325 e. The van der Waals surface area contributed by atoms with E-state index in [1.54, 1.807) is 16.4 Å². The van der Waals surface area contributed by atoms with Crippen molar-refractivity contribution in [1.29, 1.82) is 0 Å². The van der Waals surface area contributed by atoms with E-state index in [-0.39, 0.29) is 18.9 Å². The topological polar surface area (TPSA) is 65.1 Å². The molecule has 1 atom stereocenters. The van der Waals surface area contributed by atoms with Gasteiger partial charge in [-0.2, -0.15) is 0 Å². The Morgan fingerprint density at radius 1 is 1.22 bits per heavy atom. The van der Waals surface area contributed by atoms with Crippen molar-refractivity contribution in [2.75, 3.05) is 13.2 Å². The third-order valence-corrected chi connectivity index (χ3v) is 5.10. The summed E-state index contributed by atoms with van der Waals surface area (Å²) in [6.07, 6.45) is 0.377. The molecule has 0 aliphatic heterocycles. The summed E-state index contributed by atoms with van der Waals surface area (Å²) < 4.78 is 12.6. The maximum absolute atomic E-state index is 12.1. The molecule has 1 aromatic heterocycles. The second kappa shape index (κ2) is 11.1. The first-order valence-corrected chi connectivity index (χ1v) is 10.1. The lowest BCUT2D eigenvalue weighted by Gasteiger charge is -2.32. The molecule has 0 aliphatic carbocycles. The van der Waals surface area contributed by atoms with Gasteiger partial charge in [0, 0.05) is 24.3 Å². The predicted octanol–water partition coefficient (Wildman–Crippen LogP) is 3.93. The molecule has 0 aliphatic rings. The molecule has 7 heteroatoms. The number of benzene rings is 1. The molecule has 0 amide bonds. The van der Waals surface area contributed by atoms with Gasteiger partial charge in [-0.15, -0.1) is 16.4 Å².